The molecule has 6 aromatic rings. The highest BCUT2D eigenvalue weighted by molar-refractivity contribution is 7.22. The zero-order valence-corrected chi connectivity index (χ0v) is 19.7. The van der Waals surface area contributed by atoms with Crippen LogP contribution in [0.15, 0.2) is 84.9 Å². The second kappa shape index (κ2) is 9.01. The lowest BCUT2D eigenvalue weighted by Crippen LogP contribution is -1.85. The summed E-state index contributed by atoms with van der Waals surface area (Å²) in [6.07, 6.45) is 0. The second-order valence-electron chi connectivity index (χ2n) is 7.70. The van der Waals surface area contributed by atoms with Gasteiger partial charge in [0.05, 0.1) is 20.6 Å². The predicted molar refractivity (Wildman–Crippen MR) is 148 cm³/mol. The summed E-state index contributed by atoms with van der Waals surface area (Å²) < 4.78 is 2.25. The first-order chi connectivity index (χ1) is 16.5. The van der Waals surface area contributed by atoms with Crippen LogP contribution in [0.4, 0.5) is 22.7 Å². The van der Waals surface area contributed by atoms with E-state index in [0.29, 0.717) is 0 Å². The third-order valence-corrected chi connectivity index (χ3v) is 7.33. The van der Waals surface area contributed by atoms with Gasteiger partial charge in [-0.15, -0.1) is 22.7 Å². The van der Waals surface area contributed by atoms with Crippen LogP contribution in [0.1, 0.15) is 0 Å². The van der Waals surface area contributed by atoms with Crippen LogP contribution in [0.2, 0.25) is 0 Å². The zero-order chi connectivity index (χ0) is 23.7. The largest absolute Gasteiger partial charge is 0.399 e. The van der Waals surface area contributed by atoms with E-state index in [1.54, 1.807) is 22.7 Å². The number of fused-ring (bicyclic) bond motifs is 2. The first-order valence-electron chi connectivity index (χ1n) is 10.5. The highest BCUT2D eigenvalue weighted by Crippen LogP contribution is 2.33. The highest BCUT2D eigenvalue weighted by Gasteiger charge is 2.08. The summed E-state index contributed by atoms with van der Waals surface area (Å²) in [4.78, 5) is 9.14. The second-order valence-corrected chi connectivity index (χ2v) is 9.76. The Kier molecular flexibility index (Phi) is 5.75. The van der Waals surface area contributed by atoms with Gasteiger partial charge >= 0.3 is 0 Å². The van der Waals surface area contributed by atoms with Crippen LogP contribution in [0.25, 0.3) is 41.6 Å². The summed E-state index contributed by atoms with van der Waals surface area (Å²) in [6, 6.07) is 27.1. The fraction of sp³-hybridized carbons (Fsp3) is 0. The van der Waals surface area contributed by atoms with Gasteiger partial charge in [-0.3, -0.25) is 0 Å². The number of thiazole rings is 2. The third-order valence-electron chi connectivity index (χ3n) is 5.18. The van der Waals surface area contributed by atoms with Crippen molar-refractivity contribution in [1.82, 2.24) is 9.97 Å². The lowest BCUT2D eigenvalue weighted by atomic mass is 10.2. The van der Waals surface area contributed by atoms with Gasteiger partial charge < -0.3 is 22.9 Å². The number of para-hydroxylation sites is 1. The van der Waals surface area contributed by atoms with Crippen molar-refractivity contribution in [2.75, 3.05) is 22.9 Å². The van der Waals surface area contributed by atoms with Crippen LogP contribution in [-0.4, -0.2) is 9.97 Å². The van der Waals surface area contributed by atoms with Crippen LogP contribution in [0, 0.1) is 0 Å². The Labute approximate surface area is 204 Å². The molecule has 8 N–H and O–H groups in total. The monoisotopic (exact) mass is 482 g/mol. The molecule has 6 rings (SSSR count). The molecule has 0 amide bonds. The molecule has 0 aliphatic carbocycles. The molecule has 0 saturated carbocycles. The van der Waals surface area contributed by atoms with Crippen LogP contribution >= 0.6 is 22.7 Å². The quantitative estimate of drug-likeness (QED) is 0.216. The summed E-state index contributed by atoms with van der Waals surface area (Å²) in [5, 5.41) is 1.96. The number of benzene rings is 4. The number of aromatic nitrogens is 2. The Morgan fingerprint density at radius 2 is 1.09 bits per heavy atom. The van der Waals surface area contributed by atoms with E-state index in [1.807, 2.05) is 84.9 Å². The Morgan fingerprint density at radius 1 is 0.529 bits per heavy atom. The molecule has 0 aliphatic rings. The number of hydrogen-bond donors (Lipinski definition) is 4. The maximum Gasteiger partial charge on any atom is 0.124 e. The van der Waals surface area contributed by atoms with E-state index in [2.05, 4.69) is 9.97 Å². The zero-order valence-electron chi connectivity index (χ0n) is 18.1. The molecule has 0 aliphatic heterocycles. The van der Waals surface area contributed by atoms with E-state index >= 15 is 0 Å². The van der Waals surface area contributed by atoms with Crippen molar-refractivity contribution in [3.05, 3.63) is 84.9 Å². The minimum Gasteiger partial charge on any atom is -0.399 e. The third kappa shape index (κ3) is 4.50. The SMILES string of the molecule is Nc1ccc(-c2nc3c(N)cccc3s2)cc1.Nc1ccc(-c2nc3cc(N)ccc3s2)cc1. The van der Waals surface area contributed by atoms with Gasteiger partial charge in [0.15, 0.2) is 0 Å². The fourth-order valence-electron chi connectivity index (χ4n) is 3.41. The van der Waals surface area contributed by atoms with Gasteiger partial charge in [-0.2, -0.15) is 0 Å². The van der Waals surface area contributed by atoms with Crippen LogP contribution < -0.4 is 22.9 Å². The van der Waals surface area contributed by atoms with Gasteiger partial charge in [0.25, 0.3) is 0 Å². The average Bonchev–Trinajstić information content (AvgIpc) is 3.45. The molecule has 0 radical (unpaired) electrons. The number of nitrogen functional groups attached to an aromatic ring is 4. The van der Waals surface area contributed by atoms with Crippen molar-refractivity contribution in [3.63, 3.8) is 0 Å². The minimum absolute atomic E-state index is 0.723. The Hall–Kier alpha value is -4.14. The van der Waals surface area contributed by atoms with Crippen LogP contribution in [0.5, 0.6) is 0 Å². The molecule has 0 fully saturated rings. The Morgan fingerprint density at radius 3 is 1.71 bits per heavy atom. The number of nitrogens with two attached hydrogens (primary N) is 4. The molecule has 6 nitrogen and oxygen atoms in total. The number of anilines is 4. The molecule has 2 aromatic heterocycles. The van der Waals surface area contributed by atoms with Crippen molar-refractivity contribution in [2.24, 2.45) is 0 Å². The average molecular weight is 483 g/mol. The molecule has 0 atom stereocenters. The summed E-state index contributed by atoms with van der Waals surface area (Å²) >= 11 is 3.30. The van der Waals surface area contributed by atoms with Gasteiger partial charge in [0.1, 0.15) is 15.5 Å². The van der Waals surface area contributed by atoms with Crippen molar-refractivity contribution < 1.29 is 0 Å². The first kappa shape index (κ1) is 21.7. The molecule has 2 heterocycles. The van der Waals surface area contributed by atoms with Gasteiger partial charge in [0.2, 0.25) is 0 Å². The van der Waals surface area contributed by atoms with Crippen molar-refractivity contribution in [3.8, 4) is 21.1 Å². The minimum atomic E-state index is 0.723. The maximum atomic E-state index is 5.90. The molecule has 168 valence electrons. The molecular formula is C26H22N6S2. The standard InChI is InChI=1S/2C13H11N3S/c14-9-3-1-8(2-4-9)13-16-11-7-10(15)5-6-12(11)17-13;14-9-6-4-8(5-7-9)13-16-12-10(15)2-1-3-11(12)17-13/h2*1-7H,14-15H2. The van der Waals surface area contributed by atoms with Gasteiger partial charge in [0, 0.05) is 28.2 Å². The first-order valence-corrected chi connectivity index (χ1v) is 12.1. The van der Waals surface area contributed by atoms with E-state index in [1.165, 1.54) is 0 Å². The van der Waals surface area contributed by atoms with Crippen LogP contribution in [-0.2, 0) is 0 Å². The molecule has 0 bridgehead atoms. The summed E-state index contributed by atoms with van der Waals surface area (Å²) in [7, 11) is 0. The van der Waals surface area contributed by atoms with Crippen LogP contribution in [0.3, 0.4) is 0 Å². The number of rotatable bonds is 2. The lowest BCUT2D eigenvalue weighted by Gasteiger charge is -1.96. The molecule has 34 heavy (non-hydrogen) atoms. The van der Waals surface area contributed by atoms with E-state index in [0.717, 1.165) is 64.3 Å². The fourth-order valence-corrected chi connectivity index (χ4v) is 5.37. The van der Waals surface area contributed by atoms with Crippen molar-refractivity contribution in [2.45, 2.75) is 0 Å². The normalized spacial score (nSPS) is 10.8. The van der Waals surface area contributed by atoms with E-state index in [-0.39, 0.29) is 0 Å². The summed E-state index contributed by atoms with van der Waals surface area (Å²) in [5.74, 6) is 0. The Bertz CT molecular complexity index is 1580. The van der Waals surface area contributed by atoms with E-state index < -0.39 is 0 Å². The maximum absolute atomic E-state index is 5.90. The Balaban J connectivity index is 0.000000142. The van der Waals surface area contributed by atoms with Gasteiger partial charge in [-0.25, -0.2) is 9.97 Å². The summed E-state index contributed by atoms with van der Waals surface area (Å²) in [5.41, 5.74) is 29.9. The summed E-state index contributed by atoms with van der Waals surface area (Å²) in [6.45, 7) is 0. The molecule has 0 saturated heterocycles. The van der Waals surface area contributed by atoms with Crippen molar-refractivity contribution >= 4 is 65.9 Å². The molecule has 8 heteroatoms. The molecule has 0 spiro atoms. The number of nitrogens with zero attached hydrogens (tertiary/aromatic N) is 2. The molecule has 4 aromatic carbocycles. The lowest BCUT2D eigenvalue weighted by molar-refractivity contribution is 1.48. The van der Waals surface area contributed by atoms with Gasteiger partial charge in [-0.05, 0) is 78.9 Å². The van der Waals surface area contributed by atoms with Gasteiger partial charge in [-0.1, -0.05) is 6.07 Å². The van der Waals surface area contributed by atoms with Crippen molar-refractivity contribution in [1.29, 1.82) is 0 Å². The predicted octanol–water partition coefficient (Wildman–Crippen LogP) is 6.26. The topological polar surface area (TPSA) is 130 Å². The van der Waals surface area contributed by atoms with E-state index in [4.69, 9.17) is 22.9 Å². The molecular weight excluding hydrogens is 460 g/mol. The number of hydrogen-bond acceptors (Lipinski definition) is 8. The van der Waals surface area contributed by atoms with E-state index in [9.17, 15) is 0 Å². The molecule has 0 unspecified atom stereocenters. The highest BCUT2D eigenvalue weighted by atomic mass is 32.1. The smallest absolute Gasteiger partial charge is 0.124 e.